The number of halogens is 1. The van der Waals surface area contributed by atoms with Crippen molar-refractivity contribution in [3.8, 4) is 22.1 Å². The lowest BCUT2D eigenvalue weighted by molar-refractivity contribution is 0.355. The third-order valence-corrected chi connectivity index (χ3v) is 4.40. The Bertz CT molecular complexity index is 613. The van der Waals surface area contributed by atoms with Gasteiger partial charge in [0.25, 0.3) is 0 Å². The minimum atomic E-state index is 0.518. The maximum absolute atomic E-state index is 6.23. The fourth-order valence-electron chi connectivity index (χ4n) is 1.92. The largest absolute Gasteiger partial charge is 0.493 e. The number of hydrogen-bond donors (Lipinski definition) is 1. The number of hydrogen-bond acceptors (Lipinski definition) is 5. The molecule has 0 aliphatic rings. The van der Waals surface area contributed by atoms with Crippen molar-refractivity contribution in [1.29, 1.82) is 0 Å². The van der Waals surface area contributed by atoms with Gasteiger partial charge in [0.1, 0.15) is 5.01 Å². The Hall–Kier alpha value is -1.30. The molecular weight excluding hydrogens is 296 g/mol. The summed E-state index contributed by atoms with van der Waals surface area (Å²) in [5, 5.41) is 4.59. The summed E-state index contributed by atoms with van der Waals surface area (Å²) in [4.78, 5) is 5.81. The number of ether oxygens (including phenoxy) is 2. The maximum atomic E-state index is 6.23. The molecule has 1 heterocycles. The first-order valence-electron chi connectivity index (χ1n) is 6.13. The normalized spacial score (nSPS) is 10.7. The van der Waals surface area contributed by atoms with E-state index in [9.17, 15) is 0 Å². The first-order chi connectivity index (χ1) is 9.60. The van der Waals surface area contributed by atoms with Crippen molar-refractivity contribution in [3.05, 3.63) is 27.7 Å². The van der Waals surface area contributed by atoms with E-state index < -0.39 is 0 Å². The van der Waals surface area contributed by atoms with Gasteiger partial charge in [-0.2, -0.15) is 0 Å². The highest BCUT2D eigenvalue weighted by molar-refractivity contribution is 7.15. The number of nitrogens with zero attached hydrogens (tertiary/aromatic N) is 1. The monoisotopic (exact) mass is 312 g/mol. The van der Waals surface area contributed by atoms with Gasteiger partial charge in [-0.25, -0.2) is 4.98 Å². The Kier molecular flexibility index (Phi) is 4.86. The lowest BCUT2D eigenvalue weighted by atomic mass is 10.2. The summed E-state index contributed by atoms with van der Waals surface area (Å²) >= 11 is 7.88. The zero-order chi connectivity index (χ0) is 14.7. The minimum Gasteiger partial charge on any atom is -0.493 e. The minimum absolute atomic E-state index is 0.518. The predicted molar refractivity (Wildman–Crippen MR) is 83.2 cm³/mol. The van der Waals surface area contributed by atoms with E-state index in [1.807, 2.05) is 26.1 Å². The molecule has 1 N–H and O–H groups in total. The highest BCUT2D eigenvalue weighted by atomic mass is 35.5. The van der Waals surface area contributed by atoms with Crippen LogP contribution in [0.4, 0.5) is 0 Å². The molecule has 0 saturated carbocycles. The van der Waals surface area contributed by atoms with E-state index in [4.69, 9.17) is 21.1 Å². The van der Waals surface area contributed by atoms with E-state index in [1.54, 1.807) is 25.6 Å². The average molecular weight is 313 g/mol. The standard InChI is InChI=1S/C14H17ClN2O2S/c1-8-12(7-16-2)20-14(17-8)9-5-10(15)13(19-4)11(6-9)18-3/h5-6,16H,7H2,1-4H3. The number of methoxy groups -OCH3 is 2. The van der Waals surface area contributed by atoms with Crippen molar-refractivity contribution in [2.24, 2.45) is 0 Å². The second-order valence-electron chi connectivity index (χ2n) is 4.25. The van der Waals surface area contributed by atoms with Crippen molar-refractivity contribution in [1.82, 2.24) is 10.3 Å². The molecule has 6 heteroatoms. The molecule has 108 valence electrons. The van der Waals surface area contributed by atoms with Gasteiger partial charge in [-0.3, -0.25) is 0 Å². The quantitative estimate of drug-likeness (QED) is 0.917. The predicted octanol–water partition coefficient (Wildman–Crippen LogP) is 3.51. The van der Waals surface area contributed by atoms with Crippen LogP contribution in [-0.4, -0.2) is 26.3 Å². The summed E-state index contributed by atoms with van der Waals surface area (Å²) < 4.78 is 10.6. The molecular formula is C14H17ClN2O2S. The van der Waals surface area contributed by atoms with Gasteiger partial charge in [-0.05, 0) is 26.1 Å². The van der Waals surface area contributed by atoms with Gasteiger partial charge in [-0.1, -0.05) is 11.6 Å². The third-order valence-electron chi connectivity index (χ3n) is 2.91. The fourth-order valence-corrected chi connectivity index (χ4v) is 3.27. The number of thiazole rings is 1. The number of benzene rings is 1. The van der Waals surface area contributed by atoms with Crippen LogP contribution < -0.4 is 14.8 Å². The van der Waals surface area contributed by atoms with Gasteiger partial charge in [0.2, 0.25) is 0 Å². The van der Waals surface area contributed by atoms with Crippen LogP contribution in [0, 0.1) is 6.92 Å². The molecule has 0 aliphatic heterocycles. The van der Waals surface area contributed by atoms with Crippen LogP contribution in [0.25, 0.3) is 10.6 Å². The first kappa shape index (κ1) is 15.1. The van der Waals surface area contributed by atoms with Crippen LogP contribution in [0.15, 0.2) is 12.1 Å². The number of aromatic nitrogens is 1. The Labute approximate surface area is 127 Å². The summed E-state index contributed by atoms with van der Waals surface area (Å²) in [6.07, 6.45) is 0. The van der Waals surface area contributed by atoms with Gasteiger partial charge in [-0.15, -0.1) is 11.3 Å². The molecule has 0 bridgehead atoms. The van der Waals surface area contributed by atoms with Crippen LogP contribution in [0.1, 0.15) is 10.6 Å². The molecule has 0 atom stereocenters. The summed E-state index contributed by atoms with van der Waals surface area (Å²) in [6.45, 7) is 2.82. The van der Waals surface area contributed by atoms with Gasteiger partial charge in [0.05, 0.1) is 24.9 Å². The Balaban J connectivity index is 2.47. The summed E-state index contributed by atoms with van der Waals surface area (Å²) in [6, 6.07) is 3.75. The van der Waals surface area contributed by atoms with E-state index >= 15 is 0 Å². The molecule has 0 fully saturated rings. The molecule has 2 rings (SSSR count). The highest BCUT2D eigenvalue weighted by Crippen LogP contribution is 2.40. The maximum Gasteiger partial charge on any atom is 0.179 e. The molecule has 0 unspecified atom stereocenters. The van der Waals surface area contributed by atoms with Crippen LogP contribution in [0.3, 0.4) is 0 Å². The van der Waals surface area contributed by atoms with Crippen LogP contribution in [0.2, 0.25) is 5.02 Å². The third kappa shape index (κ3) is 2.90. The van der Waals surface area contributed by atoms with E-state index in [1.165, 1.54) is 4.88 Å². The molecule has 4 nitrogen and oxygen atoms in total. The van der Waals surface area contributed by atoms with Crippen LogP contribution >= 0.6 is 22.9 Å². The van der Waals surface area contributed by atoms with Crippen molar-refractivity contribution in [3.63, 3.8) is 0 Å². The molecule has 0 amide bonds. The zero-order valence-electron chi connectivity index (χ0n) is 11.9. The van der Waals surface area contributed by atoms with Crippen molar-refractivity contribution >= 4 is 22.9 Å². The van der Waals surface area contributed by atoms with Crippen LogP contribution in [0.5, 0.6) is 11.5 Å². The molecule has 0 spiro atoms. The van der Waals surface area contributed by atoms with E-state index in [0.29, 0.717) is 16.5 Å². The highest BCUT2D eigenvalue weighted by Gasteiger charge is 2.15. The second-order valence-corrected chi connectivity index (χ2v) is 5.74. The molecule has 0 aliphatic carbocycles. The van der Waals surface area contributed by atoms with E-state index in [-0.39, 0.29) is 0 Å². The average Bonchev–Trinajstić information content (AvgIpc) is 2.79. The summed E-state index contributed by atoms with van der Waals surface area (Å²) in [7, 11) is 5.09. The SMILES string of the molecule is CNCc1sc(-c2cc(Cl)c(OC)c(OC)c2)nc1C. The van der Waals surface area contributed by atoms with Crippen molar-refractivity contribution in [2.75, 3.05) is 21.3 Å². The van der Waals surface area contributed by atoms with Crippen molar-refractivity contribution < 1.29 is 9.47 Å². The lowest BCUT2D eigenvalue weighted by Crippen LogP contribution is -2.04. The van der Waals surface area contributed by atoms with Gasteiger partial charge < -0.3 is 14.8 Å². The fraction of sp³-hybridized carbons (Fsp3) is 0.357. The number of nitrogens with one attached hydrogen (secondary N) is 1. The van der Waals surface area contributed by atoms with Gasteiger partial charge in [0, 0.05) is 17.0 Å². The van der Waals surface area contributed by atoms with Crippen molar-refractivity contribution in [2.45, 2.75) is 13.5 Å². The van der Waals surface area contributed by atoms with Crippen LogP contribution in [-0.2, 0) is 6.54 Å². The molecule has 1 aromatic heterocycles. The lowest BCUT2D eigenvalue weighted by Gasteiger charge is -2.10. The first-order valence-corrected chi connectivity index (χ1v) is 7.33. The topological polar surface area (TPSA) is 43.4 Å². The Morgan fingerprint density at radius 2 is 2.05 bits per heavy atom. The molecule has 2 aromatic rings. The Morgan fingerprint density at radius 3 is 2.65 bits per heavy atom. The number of rotatable bonds is 5. The van der Waals surface area contributed by atoms with Gasteiger partial charge >= 0.3 is 0 Å². The smallest absolute Gasteiger partial charge is 0.179 e. The number of aryl methyl sites for hydroxylation is 1. The summed E-state index contributed by atoms with van der Waals surface area (Å²) in [5.74, 6) is 1.15. The molecule has 0 saturated heterocycles. The zero-order valence-corrected chi connectivity index (χ0v) is 13.5. The molecule has 1 aromatic carbocycles. The van der Waals surface area contributed by atoms with E-state index in [2.05, 4.69) is 10.3 Å². The molecule has 0 radical (unpaired) electrons. The molecule has 20 heavy (non-hydrogen) atoms. The van der Waals surface area contributed by atoms with E-state index in [0.717, 1.165) is 22.8 Å². The van der Waals surface area contributed by atoms with Gasteiger partial charge in [0.15, 0.2) is 11.5 Å². The second kappa shape index (κ2) is 6.43. The summed E-state index contributed by atoms with van der Waals surface area (Å²) in [5.41, 5.74) is 1.97. The Morgan fingerprint density at radius 1 is 1.30 bits per heavy atom.